The lowest BCUT2D eigenvalue weighted by atomic mass is 10.0. The van der Waals surface area contributed by atoms with E-state index in [1.165, 1.54) is 33.5 Å². The molecule has 120 valence electrons. The van der Waals surface area contributed by atoms with Crippen LogP contribution in [-0.2, 0) is 0 Å². The van der Waals surface area contributed by atoms with Gasteiger partial charge in [0, 0.05) is 0 Å². The first-order valence-corrected chi connectivity index (χ1v) is 6.49. The minimum atomic E-state index is -4.42. The summed E-state index contributed by atoms with van der Waals surface area (Å²) in [5, 5.41) is 2.49. The Morgan fingerprint density at radius 2 is 1.57 bits per heavy atom. The monoisotopic (exact) mass is 307 g/mol. The van der Waals surface area contributed by atoms with E-state index in [4.69, 9.17) is 14.2 Å². The van der Waals surface area contributed by atoms with Crippen LogP contribution in [0.1, 0.15) is 24.9 Å². The average Bonchev–Trinajstić information content (AvgIpc) is 2.45. The van der Waals surface area contributed by atoms with Gasteiger partial charge in [-0.3, -0.25) is 0 Å². The second-order valence-corrected chi connectivity index (χ2v) is 4.39. The summed E-state index contributed by atoms with van der Waals surface area (Å²) in [6.45, 7) is 2.05. The van der Waals surface area contributed by atoms with Crippen molar-refractivity contribution >= 4 is 0 Å². The molecule has 0 spiro atoms. The highest BCUT2D eigenvalue weighted by molar-refractivity contribution is 5.54. The zero-order valence-corrected chi connectivity index (χ0v) is 12.5. The molecule has 0 saturated carbocycles. The molecule has 0 fully saturated rings. The van der Waals surface area contributed by atoms with Gasteiger partial charge in [-0.05, 0) is 30.7 Å². The molecule has 1 atom stereocenters. The molecule has 0 aliphatic rings. The van der Waals surface area contributed by atoms with Gasteiger partial charge in [0.15, 0.2) is 11.5 Å². The summed E-state index contributed by atoms with van der Waals surface area (Å²) < 4.78 is 54.9. The quantitative estimate of drug-likeness (QED) is 0.839. The van der Waals surface area contributed by atoms with Gasteiger partial charge in [-0.25, -0.2) is 0 Å². The largest absolute Gasteiger partial charge is 0.493 e. The topological polar surface area (TPSA) is 39.7 Å². The fraction of sp³-hybridized carbons (Fsp3) is 0.571. The van der Waals surface area contributed by atoms with Crippen molar-refractivity contribution in [3.8, 4) is 17.2 Å². The molecule has 1 rings (SSSR count). The zero-order chi connectivity index (χ0) is 16.0. The Morgan fingerprint density at radius 1 is 1.05 bits per heavy atom. The Bertz CT molecular complexity index is 438. The lowest BCUT2D eigenvalue weighted by molar-refractivity contribution is -0.157. The van der Waals surface area contributed by atoms with Gasteiger partial charge in [0.2, 0.25) is 5.75 Å². The number of nitrogens with one attached hydrogen (secondary N) is 1. The van der Waals surface area contributed by atoms with Crippen molar-refractivity contribution in [1.29, 1.82) is 0 Å². The first kappa shape index (κ1) is 17.4. The molecule has 0 amide bonds. The van der Waals surface area contributed by atoms with E-state index in [1.807, 2.05) is 0 Å². The van der Waals surface area contributed by atoms with Crippen LogP contribution >= 0.6 is 0 Å². The maximum atomic E-state index is 13.2. The van der Waals surface area contributed by atoms with Crippen molar-refractivity contribution in [3.05, 3.63) is 17.7 Å². The minimum absolute atomic E-state index is 0.0189. The van der Waals surface area contributed by atoms with Crippen molar-refractivity contribution in [2.45, 2.75) is 25.6 Å². The molecular weight excluding hydrogens is 287 g/mol. The summed E-state index contributed by atoms with van der Waals surface area (Å²) >= 11 is 0. The molecular formula is C14H20F3NO3. The van der Waals surface area contributed by atoms with Crippen molar-refractivity contribution < 1.29 is 27.4 Å². The van der Waals surface area contributed by atoms with Gasteiger partial charge >= 0.3 is 6.18 Å². The molecule has 0 radical (unpaired) electrons. The first-order valence-electron chi connectivity index (χ1n) is 6.49. The molecule has 21 heavy (non-hydrogen) atoms. The van der Waals surface area contributed by atoms with E-state index in [2.05, 4.69) is 5.32 Å². The third-order valence-electron chi connectivity index (χ3n) is 2.95. The third-order valence-corrected chi connectivity index (χ3v) is 2.95. The van der Waals surface area contributed by atoms with Crippen molar-refractivity contribution in [1.82, 2.24) is 5.32 Å². The summed E-state index contributed by atoms with van der Waals surface area (Å²) in [6, 6.07) is 0.829. The van der Waals surface area contributed by atoms with Crippen molar-refractivity contribution in [3.63, 3.8) is 0 Å². The number of halogens is 3. The highest BCUT2D eigenvalue weighted by Gasteiger charge is 2.41. The Kier molecular flexibility index (Phi) is 6.14. The standard InChI is InChI=1S/C14H20F3NO3/c1-5-6-18-13(14(15,16)17)9-7-10(19-2)12(21-4)11(8-9)20-3/h7-8,13,18H,5-6H2,1-4H3. The molecule has 0 aromatic heterocycles. The summed E-state index contributed by atoms with van der Waals surface area (Å²) in [6.07, 6.45) is -3.82. The number of benzene rings is 1. The molecule has 1 aromatic rings. The fourth-order valence-electron chi connectivity index (χ4n) is 1.98. The lowest BCUT2D eigenvalue weighted by Crippen LogP contribution is -2.34. The number of alkyl halides is 3. The van der Waals surface area contributed by atoms with Crippen molar-refractivity contribution in [2.75, 3.05) is 27.9 Å². The van der Waals surface area contributed by atoms with Crippen LogP contribution in [0.5, 0.6) is 17.2 Å². The van der Waals surface area contributed by atoms with Gasteiger partial charge in [0.25, 0.3) is 0 Å². The predicted molar refractivity (Wildman–Crippen MR) is 73.2 cm³/mol. The molecule has 0 aliphatic carbocycles. The van der Waals surface area contributed by atoms with Crippen LogP contribution in [0.4, 0.5) is 13.2 Å². The van der Waals surface area contributed by atoms with Gasteiger partial charge in [-0.2, -0.15) is 13.2 Å². The highest BCUT2D eigenvalue weighted by Crippen LogP contribution is 2.42. The maximum absolute atomic E-state index is 13.2. The van der Waals surface area contributed by atoms with Crippen LogP contribution in [0, 0.1) is 0 Å². The van der Waals surface area contributed by atoms with E-state index in [0.717, 1.165) is 0 Å². The van der Waals surface area contributed by atoms with E-state index in [-0.39, 0.29) is 29.4 Å². The first-order chi connectivity index (χ1) is 9.88. The van der Waals surface area contributed by atoms with Gasteiger partial charge in [-0.15, -0.1) is 0 Å². The molecule has 1 N–H and O–H groups in total. The maximum Gasteiger partial charge on any atom is 0.407 e. The van der Waals surface area contributed by atoms with Crippen LogP contribution in [0.25, 0.3) is 0 Å². The minimum Gasteiger partial charge on any atom is -0.493 e. The average molecular weight is 307 g/mol. The second kappa shape index (κ2) is 7.40. The van der Waals surface area contributed by atoms with Gasteiger partial charge in [0.05, 0.1) is 21.3 Å². The SMILES string of the molecule is CCCNC(c1cc(OC)c(OC)c(OC)c1)C(F)(F)F. The van der Waals surface area contributed by atoms with Crippen molar-refractivity contribution in [2.24, 2.45) is 0 Å². The molecule has 1 aromatic carbocycles. The Hall–Kier alpha value is -1.63. The van der Waals surface area contributed by atoms with E-state index in [0.29, 0.717) is 6.42 Å². The number of rotatable bonds is 7. The smallest absolute Gasteiger partial charge is 0.407 e. The molecule has 0 bridgehead atoms. The van der Waals surface area contributed by atoms with Gasteiger partial charge < -0.3 is 19.5 Å². The summed E-state index contributed by atoms with van der Waals surface area (Å²) in [5.41, 5.74) is 0.0189. The number of hydrogen-bond acceptors (Lipinski definition) is 4. The van der Waals surface area contributed by atoms with Gasteiger partial charge in [-0.1, -0.05) is 6.92 Å². The summed E-state index contributed by atoms with van der Waals surface area (Å²) in [7, 11) is 4.13. The summed E-state index contributed by atoms with van der Waals surface area (Å²) in [4.78, 5) is 0. The van der Waals surface area contributed by atoms with Gasteiger partial charge in [0.1, 0.15) is 6.04 Å². The van der Waals surface area contributed by atoms with E-state index >= 15 is 0 Å². The second-order valence-electron chi connectivity index (χ2n) is 4.39. The van der Waals surface area contributed by atoms with E-state index in [1.54, 1.807) is 6.92 Å². The van der Waals surface area contributed by atoms with Crippen LogP contribution in [0.15, 0.2) is 12.1 Å². The molecule has 4 nitrogen and oxygen atoms in total. The highest BCUT2D eigenvalue weighted by atomic mass is 19.4. The van der Waals surface area contributed by atoms with Crippen LogP contribution in [-0.4, -0.2) is 34.1 Å². The van der Waals surface area contributed by atoms with Crippen LogP contribution in [0.3, 0.4) is 0 Å². The van der Waals surface area contributed by atoms with E-state index < -0.39 is 12.2 Å². The number of ether oxygens (including phenoxy) is 3. The Balaban J connectivity index is 3.31. The van der Waals surface area contributed by atoms with Crippen LogP contribution in [0.2, 0.25) is 0 Å². The predicted octanol–water partition coefficient (Wildman–Crippen LogP) is 3.32. The third kappa shape index (κ3) is 4.17. The van der Waals surface area contributed by atoms with Crippen LogP contribution < -0.4 is 19.5 Å². The molecule has 0 aliphatic heterocycles. The number of methoxy groups -OCH3 is 3. The summed E-state index contributed by atoms with van der Waals surface area (Å²) in [5.74, 6) is 0.652. The molecule has 1 unspecified atom stereocenters. The number of hydrogen-bond donors (Lipinski definition) is 1. The fourth-order valence-corrected chi connectivity index (χ4v) is 1.98. The molecule has 0 saturated heterocycles. The zero-order valence-electron chi connectivity index (χ0n) is 12.5. The Labute approximate surface area is 122 Å². The molecule has 7 heteroatoms. The lowest BCUT2D eigenvalue weighted by Gasteiger charge is -2.23. The molecule has 0 heterocycles. The van der Waals surface area contributed by atoms with E-state index in [9.17, 15) is 13.2 Å². The Morgan fingerprint density at radius 3 is 1.90 bits per heavy atom. The normalized spacial score (nSPS) is 12.9.